The monoisotopic (exact) mass is 250 g/mol. The van der Waals surface area contributed by atoms with E-state index in [9.17, 15) is 0 Å². The summed E-state index contributed by atoms with van der Waals surface area (Å²) in [5.74, 6) is 1.40. The van der Waals surface area contributed by atoms with Crippen molar-refractivity contribution in [1.29, 1.82) is 0 Å². The molecule has 0 amide bonds. The van der Waals surface area contributed by atoms with E-state index in [1.165, 1.54) is 5.56 Å². The summed E-state index contributed by atoms with van der Waals surface area (Å²) >= 11 is 0. The standard InChI is InChI=1S/C14H26N4/c1-7-15-8-13-9-16-14(17-11(13)4)18(6)12(5)10(2)3/h9-10,12,15H,7-8H2,1-6H3. The van der Waals surface area contributed by atoms with Gasteiger partial charge in [0.05, 0.1) is 0 Å². The Kier molecular flexibility index (Phi) is 5.54. The van der Waals surface area contributed by atoms with Crippen molar-refractivity contribution in [2.45, 2.75) is 47.2 Å². The molecule has 0 aromatic carbocycles. The summed E-state index contributed by atoms with van der Waals surface area (Å²) in [6.07, 6.45) is 1.93. The topological polar surface area (TPSA) is 41.1 Å². The lowest BCUT2D eigenvalue weighted by Gasteiger charge is -2.28. The summed E-state index contributed by atoms with van der Waals surface area (Å²) < 4.78 is 0. The maximum absolute atomic E-state index is 4.60. The third kappa shape index (κ3) is 3.67. The van der Waals surface area contributed by atoms with E-state index in [1.54, 1.807) is 0 Å². The van der Waals surface area contributed by atoms with Crippen molar-refractivity contribution in [3.8, 4) is 0 Å². The lowest BCUT2D eigenvalue weighted by Crippen LogP contribution is -2.34. The molecule has 0 bridgehead atoms. The first-order chi connectivity index (χ1) is 8.47. The first-order valence-electron chi connectivity index (χ1n) is 6.73. The van der Waals surface area contributed by atoms with Gasteiger partial charge in [-0.2, -0.15) is 0 Å². The molecule has 0 aliphatic rings. The summed E-state index contributed by atoms with van der Waals surface area (Å²) in [7, 11) is 2.06. The van der Waals surface area contributed by atoms with E-state index in [0.29, 0.717) is 12.0 Å². The van der Waals surface area contributed by atoms with Crippen molar-refractivity contribution < 1.29 is 0 Å². The normalized spacial score (nSPS) is 12.8. The fraction of sp³-hybridized carbons (Fsp3) is 0.714. The largest absolute Gasteiger partial charge is 0.341 e. The summed E-state index contributed by atoms with van der Waals surface area (Å²) in [6, 6.07) is 0.434. The molecule has 4 nitrogen and oxygen atoms in total. The average molecular weight is 250 g/mol. The van der Waals surface area contributed by atoms with Crippen molar-refractivity contribution in [2.24, 2.45) is 5.92 Å². The van der Waals surface area contributed by atoms with Gasteiger partial charge in [-0.1, -0.05) is 20.8 Å². The second-order valence-corrected chi connectivity index (χ2v) is 5.16. The smallest absolute Gasteiger partial charge is 0.225 e. The van der Waals surface area contributed by atoms with Gasteiger partial charge in [0, 0.05) is 37.1 Å². The van der Waals surface area contributed by atoms with E-state index < -0.39 is 0 Å². The Bertz CT molecular complexity index is 376. The van der Waals surface area contributed by atoms with Crippen LogP contribution in [-0.4, -0.2) is 29.6 Å². The molecule has 0 fully saturated rings. The number of nitrogens with one attached hydrogen (secondary N) is 1. The second-order valence-electron chi connectivity index (χ2n) is 5.16. The predicted molar refractivity (Wildman–Crippen MR) is 76.9 cm³/mol. The van der Waals surface area contributed by atoms with Gasteiger partial charge in [0.2, 0.25) is 5.95 Å². The Labute approximate surface area is 111 Å². The molecule has 1 N–H and O–H groups in total. The van der Waals surface area contributed by atoms with Crippen molar-refractivity contribution in [1.82, 2.24) is 15.3 Å². The molecule has 1 rings (SSSR count). The van der Waals surface area contributed by atoms with Crippen LogP contribution in [-0.2, 0) is 6.54 Å². The minimum absolute atomic E-state index is 0.434. The van der Waals surface area contributed by atoms with Gasteiger partial charge in [0.15, 0.2) is 0 Å². The molecular weight excluding hydrogens is 224 g/mol. The number of aromatic nitrogens is 2. The molecular formula is C14H26N4. The van der Waals surface area contributed by atoms with E-state index in [1.807, 2.05) is 13.1 Å². The van der Waals surface area contributed by atoms with Gasteiger partial charge in [-0.15, -0.1) is 0 Å². The number of hydrogen-bond acceptors (Lipinski definition) is 4. The van der Waals surface area contributed by atoms with Crippen LogP contribution in [0.3, 0.4) is 0 Å². The molecule has 1 aromatic rings. The molecule has 0 aliphatic carbocycles. The maximum Gasteiger partial charge on any atom is 0.225 e. The maximum atomic E-state index is 4.60. The first kappa shape index (κ1) is 14.9. The summed E-state index contributed by atoms with van der Waals surface area (Å²) in [5, 5.41) is 3.30. The Balaban J connectivity index is 2.83. The van der Waals surface area contributed by atoms with Crippen molar-refractivity contribution in [3.05, 3.63) is 17.5 Å². The van der Waals surface area contributed by atoms with Gasteiger partial charge < -0.3 is 10.2 Å². The molecule has 0 saturated heterocycles. The highest BCUT2D eigenvalue weighted by Crippen LogP contribution is 2.16. The number of anilines is 1. The van der Waals surface area contributed by atoms with Gasteiger partial charge in [-0.25, -0.2) is 9.97 Å². The van der Waals surface area contributed by atoms with Crippen molar-refractivity contribution in [3.63, 3.8) is 0 Å². The van der Waals surface area contributed by atoms with Crippen LogP contribution in [0.5, 0.6) is 0 Å². The molecule has 1 heterocycles. The number of aryl methyl sites for hydroxylation is 1. The molecule has 0 saturated carbocycles. The highest BCUT2D eigenvalue weighted by molar-refractivity contribution is 5.33. The Morgan fingerprint density at radius 3 is 2.50 bits per heavy atom. The molecule has 102 valence electrons. The third-order valence-corrected chi connectivity index (χ3v) is 3.52. The highest BCUT2D eigenvalue weighted by Gasteiger charge is 2.16. The zero-order valence-corrected chi connectivity index (χ0v) is 12.5. The van der Waals surface area contributed by atoms with Crippen LogP contribution < -0.4 is 10.2 Å². The minimum Gasteiger partial charge on any atom is -0.341 e. The fourth-order valence-corrected chi connectivity index (χ4v) is 1.71. The van der Waals surface area contributed by atoms with Gasteiger partial charge in [0.25, 0.3) is 0 Å². The molecule has 1 unspecified atom stereocenters. The van der Waals surface area contributed by atoms with Crippen LogP contribution in [0.1, 0.15) is 39.0 Å². The average Bonchev–Trinajstić information content (AvgIpc) is 2.35. The number of nitrogens with zero attached hydrogens (tertiary/aromatic N) is 3. The lowest BCUT2D eigenvalue weighted by atomic mass is 10.1. The molecule has 0 aliphatic heterocycles. The zero-order valence-electron chi connectivity index (χ0n) is 12.5. The van der Waals surface area contributed by atoms with Crippen LogP contribution in [0, 0.1) is 12.8 Å². The molecule has 1 atom stereocenters. The Morgan fingerprint density at radius 1 is 1.33 bits per heavy atom. The predicted octanol–water partition coefficient (Wildman–Crippen LogP) is 2.38. The van der Waals surface area contributed by atoms with E-state index in [2.05, 4.69) is 54.9 Å². The summed E-state index contributed by atoms with van der Waals surface area (Å²) in [5.41, 5.74) is 2.23. The molecule has 1 aromatic heterocycles. The SMILES string of the molecule is CCNCc1cnc(N(C)C(C)C(C)C)nc1C. The van der Waals surface area contributed by atoms with Crippen LogP contribution in [0.15, 0.2) is 6.20 Å². The lowest BCUT2D eigenvalue weighted by molar-refractivity contribution is 0.498. The molecule has 4 heteroatoms. The van der Waals surface area contributed by atoms with Gasteiger partial charge in [0.1, 0.15) is 0 Å². The van der Waals surface area contributed by atoms with Crippen LogP contribution >= 0.6 is 0 Å². The minimum atomic E-state index is 0.434. The van der Waals surface area contributed by atoms with Crippen LogP contribution in [0.4, 0.5) is 5.95 Å². The van der Waals surface area contributed by atoms with Crippen LogP contribution in [0.25, 0.3) is 0 Å². The van der Waals surface area contributed by atoms with E-state index in [4.69, 9.17) is 0 Å². The number of hydrogen-bond donors (Lipinski definition) is 1. The molecule has 18 heavy (non-hydrogen) atoms. The van der Waals surface area contributed by atoms with E-state index in [0.717, 1.165) is 24.7 Å². The first-order valence-corrected chi connectivity index (χ1v) is 6.73. The Hall–Kier alpha value is -1.16. The molecule has 0 spiro atoms. The van der Waals surface area contributed by atoms with Crippen molar-refractivity contribution >= 4 is 5.95 Å². The molecule has 0 radical (unpaired) electrons. The summed E-state index contributed by atoms with van der Waals surface area (Å²) in [6.45, 7) is 12.6. The zero-order chi connectivity index (χ0) is 13.7. The van der Waals surface area contributed by atoms with Crippen molar-refractivity contribution in [2.75, 3.05) is 18.5 Å². The van der Waals surface area contributed by atoms with E-state index in [-0.39, 0.29) is 0 Å². The quantitative estimate of drug-likeness (QED) is 0.841. The van der Waals surface area contributed by atoms with Gasteiger partial charge in [-0.05, 0) is 26.3 Å². The third-order valence-electron chi connectivity index (χ3n) is 3.52. The summed E-state index contributed by atoms with van der Waals surface area (Å²) in [4.78, 5) is 11.2. The van der Waals surface area contributed by atoms with Gasteiger partial charge >= 0.3 is 0 Å². The second kappa shape index (κ2) is 6.69. The highest BCUT2D eigenvalue weighted by atomic mass is 15.2. The van der Waals surface area contributed by atoms with Crippen LogP contribution in [0.2, 0.25) is 0 Å². The van der Waals surface area contributed by atoms with Gasteiger partial charge in [-0.3, -0.25) is 0 Å². The fourth-order valence-electron chi connectivity index (χ4n) is 1.71. The Morgan fingerprint density at radius 2 is 2.00 bits per heavy atom. The number of rotatable bonds is 6. The van der Waals surface area contributed by atoms with E-state index >= 15 is 0 Å².